The lowest BCUT2D eigenvalue weighted by molar-refractivity contribution is -0.121. The highest BCUT2D eigenvalue weighted by molar-refractivity contribution is 9.10. The van der Waals surface area contributed by atoms with Crippen LogP contribution in [0.25, 0.3) is 0 Å². The Kier molecular flexibility index (Phi) is 7.30. The summed E-state index contributed by atoms with van der Waals surface area (Å²) in [5, 5.41) is 2.71. The smallest absolute Gasteiger partial charge is 0.240 e. The lowest BCUT2D eigenvalue weighted by atomic mass is 10.2. The molecule has 0 radical (unpaired) electrons. The number of rotatable bonds is 8. The van der Waals surface area contributed by atoms with E-state index in [0.717, 1.165) is 0 Å². The Hall–Kier alpha value is -0.960. The standard InChI is InChI=1S/C13H20BrN3O3S/c1-10(8-15)9-16-13(18)5-6-17-21(19,20)12-4-2-3-11(14)7-12/h2-4,7,10,17H,5-6,8-9,15H2,1H3,(H,16,18). The van der Waals surface area contributed by atoms with Crippen molar-refractivity contribution in [2.45, 2.75) is 18.2 Å². The minimum atomic E-state index is -3.59. The van der Waals surface area contributed by atoms with Crippen molar-refractivity contribution in [3.8, 4) is 0 Å². The highest BCUT2D eigenvalue weighted by atomic mass is 79.9. The van der Waals surface area contributed by atoms with Gasteiger partial charge in [0, 0.05) is 24.0 Å². The predicted octanol–water partition coefficient (Wildman–Crippen LogP) is 0.828. The number of amides is 1. The van der Waals surface area contributed by atoms with Gasteiger partial charge < -0.3 is 11.1 Å². The van der Waals surface area contributed by atoms with Crippen LogP contribution in [0, 0.1) is 5.92 Å². The summed E-state index contributed by atoms with van der Waals surface area (Å²) in [6.07, 6.45) is 0.0878. The molecule has 0 aliphatic carbocycles. The summed E-state index contributed by atoms with van der Waals surface area (Å²) in [6, 6.07) is 6.38. The van der Waals surface area contributed by atoms with Crippen LogP contribution in [0.15, 0.2) is 33.6 Å². The largest absolute Gasteiger partial charge is 0.356 e. The maximum atomic E-state index is 12.0. The van der Waals surface area contributed by atoms with Crippen molar-refractivity contribution in [1.29, 1.82) is 0 Å². The van der Waals surface area contributed by atoms with Crippen LogP contribution in [0.1, 0.15) is 13.3 Å². The van der Waals surface area contributed by atoms with Crippen molar-refractivity contribution >= 4 is 31.9 Å². The number of halogens is 1. The van der Waals surface area contributed by atoms with E-state index < -0.39 is 10.0 Å². The van der Waals surface area contributed by atoms with Gasteiger partial charge in [-0.05, 0) is 30.7 Å². The number of carbonyl (C=O) groups is 1. The van der Waals surface area contributed by atoms with E-state index in [1.165, 1.54) is 12.1 Å². The molecule has 118 valence electrons. The van der Waals surface area contributed by atoms with Gasteiger partial charge >= 0.3 is 0 Å². The van der Waals surface area contributed by atoms with Gasteiger partial charge in [-0.3, -0.25) is 4.79 Å². The summed E-state index contributed by atoms with van der Waals surface area (Å²) in [4.78, 5) is 11.7. The summed E-state index contributed by atoms with van der Waals surface area (Å²) in [5.41, 5.74) is 5.45. The molecule has 0 aromatic heterocycles. The monoisotopic (exact) mass is 377 g/mol. The summed E-state index contributed by atoms with van der Waals surface area (Å²) in [5.74, 6) is -0.000414. The molecule has 0 saturated carbocycles. The van der Waals surface area contributed by atoms with Crippen LogP contribution in [0.2, 0.25) is 0 Å². The second kappa shape index (κ2) is 8.47. The summed E-state index contributed by atoms with van der Waals surface area (Å²) in [6.45, 7) is 2.97. The van der Waals surface area contributed by atoms with Crippen molar-refractivity contribution in [3.05, 3.63) is 28.7 Å². The molecular weight excluding hydrogens is 358 g/mol. The number of hydrogen-bond acceptors (Lipinski definition) is 4. The Morgan fingerprint density at radius 2 is 2.14 bits per heavy atom. The molecule has 21 heavy (non-hydrogen) atoms. The summed E-state index contributed by atoms with van der Waals surface area (Å²) < 4.78 is 27.1. The van der Waals surface area contributed by atoms with Crippen LogP contribution in [0.3, 0.4) is 0 Å². The molecule has 0 fully saturated rings. The summed E-state index contributed by atoms with van der Waals surface area (Å²) in [7, 11) is -3.59. The van der Waals surface area contributed by atoms with Crippen LogP contribution in [0.4, 0.5) is 0 Å². The van der Waals surface area contributed by atoms with E-state index in [0.29, 0.717) is 17.6 Å². The molecule has 1 atom stereocenters. The van der Waals surface area contributed by atoms with E-state index >= 15 is 0 Å². The number of nitrogens with two attached hydrogens (primary N) is 1. The predicted molar refractivity (Wildman–Crippen MR) is 85.2 cm³/mol. The van der Waals surface area contributed by atoms with E-state index in [2.05, 4.69) is 26.0 Å². The Morgan fingerprint density at radius 3 is 2.76 bits per heavy atom. The number of sulfonamides is 1. The van der Waals surface area contributed by atoms with Crippen LogP contribution in [-0.2, 0) is 14.8 Å². The van der Waals surface area contributed by atoms with Crippen LogP contribution in [-0.4, -0.2) is 34.0 Å². The zero-order valence-electron chi connectivity index (χ0n) is 11.8. The first-order chi connectivity index (χ1) is 9.85. The quantitative estimate of drug-likeness (QED) is 0.624. The molecule has 0 bridgehead atoms. The third-order valence-electron chi connectivity index (χ3n) is 2.80. The van der Waals surface area contributed by atoms with Crippen molar-refractivity contribution < 1.29 is 13.2 Å². The Morgan fingerprint density at radius 1 is 1.43 bits per heavy atom. The average molecular weight is 378 g/mol. The lowest BCUT2D eigenvalue weighted by Gasteiger charge is -2.10. The minimum absolute atomic E-state index is 0.0533. The van der Waals surface area contributed by atoms with Gasteiger partial charge in [0.25, 0.3) is 0 Å². The van der Waals surface area contributed by atoms with Gasteiger partial charge in [0.15, 0.2) is 0 Å². The fraction of sp³-hybridized carbons (Fsp3) is 0.462. The Bertz CT molecular complexity index is 578. The van der Waals surface area contributed by atoms with Crippen LogP contribution < -0.4 is 15.8 Å². The first-order valence-corrected chi connectivity index (χ1v) is 8.84. The molecule has 0 aliphatic heterocycles. The van der Waals surface area contributed by atoms with Gasteiger partial charge in [-0.15, -0.1) is 0 Å². The fourth-order valence-electron chi connectivity index (χ4n) is 1.48. The molecule has 1 amide bonds. The molecule has 0 heterocycles. The van der Waals surface area contributed by atoms with E-state index in [4.69, 9.17) is 5.73 Å². The summed E-state index contributed by atoms with van der Waals surface area (Å²) >= 11 is 3.22. The molecule has 1 rings (SSSR count). The van der Waals surface area contributed by atoms with Gasteiger partial charge in [-0.2, -0.15) is 0 Å². The lowest BCUT2D eigenvalue weighted by Crippen LogP contribution is -2.34. The molecule has 1 aromatic carbocycles. The van der Waals surface area contributed by atoms with Crippen LogP contribution in [0.5, 0.6) is 0 Å². The van der Waals surface area contributed by atoms with Crippen molar-refractivity contribution in [1.82, 2.24) is 10.0 Å². The van der Waals surface area contributed by atoms with Gasteiger partial charge in [-0.1, -0.05) is 28.9 Å². The fourth-order valence-corrected chi connectivity index (χ4v) is 3.10. The third-order valence-corrected chi connectivity index (χ3v) is 4.75. The van der Waals surface area contributed by atoms with E-state index in [-0.39, 0.29) is 29.7 Å². The number of hydrogen-bond donors (Lipinski definition) is 3. The van der Waals surface area contributed by atoms with Crippen molar-refractivity contribution in [2.24, 2.45) is 11.7 Å². The molecule has 6 nitrogen and oxygen atoms in total. The van der Waals surface area contributed by atoms with E-state index in [9.17, 15) is 13.2 Å². The normalized spacial score (nSPS) is 12.9. The molecule has 0 spiro atoms. The minimum Gasteiger partial charge on any atom is -0.356 e. The van der Waals surface area contributed by atoms with Gasteiger partial charge in [0.05, 0.1) is 4.90 Å². The van der Waals surface area contributed by atoms with E-state index in [1.807, 2.05) is 6.92 Å². The molecule has 1 unspecified atom stereocenters. The van der Waals surface area contributed by atoms with Gasteiger partial charge in [0.2, 0.25) is 15.9 Å². The first-order valence-electron chi connectivity index (χ1n) is 6.57. The van der Waals surface area contributed by atoms with Crippen LogP contribution >= 0.6 is 15.9 Å². The topological polar surface area (TPSA) is 101 Å². The zero-order valence-corrected chi connectivity index (χ0v) is 14.2. The zero-order chi connectivity index (χ0) is 15.9. The first kappa shape index (κ1) is 18.1. The van der Waals surface area contributed by atoms with Crippen molar-refractivity contribution in [2.75, 3.05) is 19.6 Å². The third kappa shape index (κ3) is 6.56. The highest BCUT2D eigenvalue weighted by Crippen LogP contribution is 2.15. The molecule has 4 N–H and O–H groups in total. The number of benzene rings is 1. The maximum Gasteiger partial charge on any atom is 0.240 e. The highest BCUT2D eigenvalue weighted by Gasteiger charge is 2.14. The number of nitrogens with one attached hydrogen (secondary N) is 2. The van der Waals surface area contributed by atoms with Gasteiger partial charge in [0.1, 0.15) is 0 Å². The molecule has 0 saturated heterocycles. The number of carbonyl (C=O) groups excluding carboxylic acids is 1. The molecular formula is C13H20BrN3O3S. The Labute approximate surface area is 133 Å². The molecule has 0 aliphatic rings. The average Bonchev–Trinajstić information content (AvgIpc) is 2.44. The second-order valence-corrected chi connectivity index (χ2v) is 7.43. The Balaban J connectivity index is 2.43. The maximum absolute atomic E-state index is 12.0. The second-order valence-electron chi connectivity index (χ2n) is 4.75. The van der Waals surface area contributed by atoms with Gasteiger partial charge in [-0.25, -0.2) is 13.1 Å². The molecule has 8 heteroatoms. The molecule has 1 aromatic rings. The SMILES string of the molecule is CC(CN)CNC(=O)CCNS(=O)(=O)c1cccc(Br)c1. The van der Waals surface area contributed by atoms with E-state index in [1.54, 1.807) is 12.1 Å². The van der Waals surface area contributed by atoms with Crippen molar-refractivity contribution in [3.63, 3.8) is 0 Å².